The van der Waals surface area contributed by atoms with Crippen LogP contribution >= 0.6 is 11.8 Å². The van der Waals surface area contributed by atoms with E-state index < -0.39 is 12.6 Å². The van der Waals surface area contributed by atoms with Gasteiger partial charge in [0.2, 0.25) is 0 Å². The van der Waals surface area contributed by atoms with Gasteiger partial charge in [0.25, 0.3) is 5.91 Å². The lowest BCUT2D eigenvalue weighted by Gasteiger charge is -2.03. The molecular weight excluding hydrogens is 352 g/mol. The molecule has 1 fully saturated rings. The molecule has 2 aromatic carbocycles. The first kappa shape index (κ1) is 17.8. The van der Waals surface area contributed by atoms with Gasteiger partial charge < -0.3 is 15.2 Å². The summed E-state index contributed by atoms with van der Waals surface area (Å²) in [4.78, 5) is 27.7. The molecule has 1 aliphatic rings. The molecule has 2 N–H and O–H groups in total. The van der Waals surface area contributed by atoms with E-state index in [1.807, 2.05) is 37.3 Å². The number of hydrogen-bond donors (Lipinski definition) is 2. The van der Waals surface area contributed by atoms with Gasteiger partial charge in [0.15, 0.2) is 11.8 Å². The standard InChI is InChI=1S/C19H16N2O4S/c1-12-4-2-6-14(8-12)20-19-21-18(24)16(26-19)10-13-5-3-7-15(9-13)25-11-17(22)23/h2-10H,11H2,1H3,(H,22,23)(H,20,21,24)/b16-10+. The lowest BCUT2D eigenvalue weighted by Crippen LogP contribution is -2.19. The highest BCUT2D eigenvalue weighted by Gasteiger charge is 2.23. The molecule has 7 heteroatoms. The fraction of sp³-hybridized carbons (Fsp3) is 0.105. The maximum absolute atomic E-state index is 12.2. The molecule has 3 rings (SSSR count). The number of rotatable bonds is 5. The minimum absolute atomic E-state index is 0.224. The summed E-state index contributed by atoms with van der Waals surface area (Å²) >= 11 is 1.25. The third kappa shape index (κ3) is 4.73. The minimum Gasteiger partial charge on any atom is -0.482 e. The number of ether oxygens (including phenoxy) is 1. The number of thioether (sulfide) groups is 1. The molecule has 1 heterocycles. The summed E-state index contributed by atoms with van der Waals surface area (Å²) in [5.74, 6) is -0.839. The Morgan fingerprint density at radius 3 is 2.85 bits per heavy atom. The van der Waals surface area contributed by atoms with Crippen LogP contribution in [0.25, 0.3) is 6.08 Å². The number of aliphatic carboxylic acids is 1. The van der Waals surface area contributed by atoms with E-state index in [1.54, 1.807) is 24.3 Å². The van der Waals surface area contributed by atoms with Crippen LogP contribution in [0.3, 0.4) is 0 Å². The van der Waals surface area contributed by atoms with Crippen LogP contribution in [0.4, 0.5) is 5.69 Å². The van der Waals surface area contributed by atoms with E-state index in [9.17, 15) is 9.59 Å². The van der Waals surface area contributed by atoms with Crippen molar-refractivity contribution in [3.05, 3.63) is 64.6 Å². The van der Waals surface area contributed by atoms with Crippen molar-refractivity contribution in [2.45, 2.75) is 6.92 Å². The van der Waals surface area contributed by atoms with Crippen molar-refractivity contribution in [3.8, 4) is 5.75 Å². The number of benzene rings is 2. The molecular formula is C19H16N2O4S. The summed E-state index contributed by atoms with van der Waals surface area (Å²) in [6.45, 7) is 1.57. The molecule has 0 saturated carbocycles. The average molecular weight is 368 g/mol. The van der Waals surface area contributed by atoms with Crippen LogP contribution in [0.5, 0.6) is 5.75 Å². The molecule has 1 aliphatic heterocycles. The molecule has 6 nitrogen and oxygen atoms in total. The Morgan fingerprint density at radius 2 is 2.08 bits per heavy atom. The number of hydrogen-bond acceptors (Lipinski definition) is 5. The van der Waals surface area contributed by atoms with Gasteiger partial charge in [-0.05, 0) is 60.2 Å². The van der Waals surface area contributed by atoms with E-state index in [2.05, 4.69) is 10.3 Å². The fourth-order valence-corrected chi connectivity index (χ4v) is 3.13. The largest absolute Gasteiger partial charge is 0.482 e. The first-order valence-corrected chi connectivity index (χ1v) is 8.62. The van der Waals surface area contributed by atoms with Gasteiger partial charge in [0, 0.05) is 0 Å². The molecule has 0 unspecified atom stereocenters. The van der Waals surface area contributed by atoms with Crippen molar-refractivity contribution in [2.24, 2.45) is 4.99 Å². The maximum atomic E-state index is 12.2. The van der Waals surface area contributed by atoms with E-state index in [0.717, 1.165) is 16.8 Å². The maximum Gasteiger partial charge on any atom is 0.341 e. The van der Waals surface area contributed by atoms with Crippen LogP contribution in [0, 0.1) is 6.92 Å². The monoisotopic (exact) mass is 368 g/mol. The zero-order valence-electron chi connectivity index (χ0n) is 13.9. The number of carbonyl (C=O) groups excluding carboxylic acids is 1. The lowest BCUT2D eigenvalue weighted by molar-refractivity contribution is -0.139. The topological polar surface area (TPSA) is 88.0 Å². The van der Waals surface area contributed by atoms with Crippen molar-refractivity contribution in [3.63, 3.8) is 0 Å². The molecule has 0 aromatic heterocycles. The van der Waals surface area contributed by atoms with Crippen LogP contribution in [0.15, 0.2) is 58.4 Å². The number of nitrogens with zero attached hydrogens (tertiary/aromatic N) is 1. The number of aliphatic imine (C=N–C) groups is 1. The summed E-state index contributed by atoms with van der Waals surface area (Å²) in [6, 6.07) is 14.6. The molecule has 0 aliphatic carbocycles. The second-order valence-corrected chi connectivity index (χ2v) is 6.61. The highest BCUT2D eigenvalue weighted by Crippen LogP contribution is 2.29. The van der Waals surface area contributed by atoms with Crippen molar-refractivity contribution in [2.75, 3.05) is 6.61 Å². The van der Waals surface area contributed by atoms with Crippen LogP contribution in [-0.4, -0.2) is 28.8 Å². The Bertz CT molecular complexity index is 921. The zero-order valence-corrected chi connectivity index (χ0v) is 14.7. The average Bonchev–Trinajstić information content (AvgIpc) is 2.92. The second kappa shape index (κ2) is 7.88. The zero-order chi connectivity index (χ0) is 18.5. The van der Waals surface area contributed by atoms with Gasteiger partial charge in [-0.2, -0.15) is 0 Å². The lowest BCUT2D eigenvalue weighted by atomic mass is 10.2. The quantitative estimate of drug-likeness (QED) is 0.790. The SMILES string of the molecule is Cc1cccc(N=C2NC(=O)/C(=C\c3cccc(OCC(=O)O)c3)S2)c1. The van der Waals surface area contributed by atoms with E-state index in [-0.39, 0.29) is 5.91 Å². The Kier molecular flexibility index (Phi) is 5.38. The van der Waals surface area contributed by atoms with E-state index in [4.69, 9.17) is 9.84 Å². The Morgan fingerprint density at radius 1 is 1.27 bits per heavy atom. The first-order valence-electron chi connectivity index (χ1n) is 7.80. The van der Waals surface area contributed by atoms with Gasteiger partial charge in [-0.1, -0.05) is 24.3 Å². The summed E-state index contributed by atoms with van der Waals surface area (Å²) in [5, 5.41) is 11.9. The number of carboxylic acid groups (broad SMARTS) is 1. The number of aryl methyl sites for hydroxylation is 1. The number of carboxylic acids is 1. The Labute approximate surface area is 154 Å². The predicted octanol–water partition coefficient (Wildman–Crippen LogP) is 3.35. The molecule has 132 valence electrons. The van der Waals surface area contributed by atoms with Crippen LogP contribution < -0.4 is 10.1 Å². The van der Waals surface area contributed by atoms with Crippen molar-refractivity contribution in [1.82, 2.24) is 5.32 Å². The van der Waals surface area contributed by atoms with Gasteiger partial charge in [-0.25, -0.2) is 9.79 Å². The summed E-state index contributed by atoms with van der Waals surface area (Å²) < 4.78 is 5.15. The third-order valence-corrected chi connectivity index (χ3v) is 4.31. The minimum atomic E-state index is -1.04. The molecule has 26 heavy (non-hydrogen) atoms. The van der Waals surface area contributed by atoms with Gasteiger partial charge in [-0.15, -0.1) is 0 Å². The molecule has 1 saturated heterocycles. The van der Waals surface area contributed by atoms with E-state index in [1.165, 1.54) is 11.8 Å². The number of amidine groups is 1. The van der Waals surface area contributed by atoms with Gasteiger partial charge in [0.1, 0.15) is 5.75 Å². The van der Waals surface area contributed by atoms with Crippen LogP contribution in [-0.2, 0) is 9.59 Å². The van der Waals surface area contributed by atoms with Gasteiger partial charge in [-0.3, -0.25) is 4.79 Å². The first-order chi connectivity index (χ1) is 12.5. The predicted molar refractivity (Wildman–Crippen MR) is 102 cm³/mol. The van der Waals surface area contributed by atoms with Crippen molar-refractivity contribution >= 4 is 40.6 Å². The summed E-state index contributed by atoms with van der Waals surface area (Å²) in [6.07, 6.45) is 1.71. The number of amides is 1. The van der Waals surface area contributed by atoms with Gasteiger partial charge >= 0.3 is 5.97 Å². The van der Waals surface area contributed by atoms with Crippen molar-refractivity contribution in [1.29, 1.82) is 0 Å². The van der Waals surface area contributed by atoms with Crippen molar-refractivity contribution < 1.29 is 19.4 Å². The molecule has 0 atom stereocenters. The van der Waals surface area contributed by atoms with Crippen LogP contribution in [0.2, 0.25) is 0 Å². The molecule has 0 spiro atoms. The molecule has 2 aromatic rings. The third-order valence-electron chi connectivity index (χ3n) is 3.40. The Hall–Kier alpha value is -3.06. The number of carbonyl (C=O) groups is 2. The Balaban J connectivity index is 1.76. The summed E-state index contributed by atoms with van der Waals surface area (Å²) in [5.41, 5.74) is 2.61. The fourth-order valence-electron chi connectivity index (χ4n) is 2.29. The second-order valence-electron chi connectivity index (χ2n) is 5.58. The smallest absolute Gasteiger partial charge is 0.341 e. The molecule has 0 radical (unpaired) electrons. The van der Waals surface area contributed by atoms with E-state index in [0.29, 0.717) is 15.8 Å². The molecule has 1 amide bonds. The van der Waals surface area contributed by atoms with Gasteiger partial charge in [0.05, 0.1) is 10.6 Å². The van der Waals surface area contributed by atoms with E-state index >= 15 is 0 Å². The summed E-state index contributed by atoms with van der Waals surface area (Å²) in [7, 11) is 0. The highest BCUT2D eigenvalue weighted by atomic mass is 32.2. The highest BCUT2D eigenvalue weighted by molar-refractivity contribution is 8.18. The van der Waals surface area contributed by atoms with Crippen LogP contribution in [0.1, 0.15) is 11.1 Å². The molecule has 0 bridgehead atoms. The normalized spacial score (nSPS) is 16.7. The number of nitrogens with one attached hydrogen (secondary N) is 1.